The van der Waals surface area contributed by atoms with Crippen molar-refractivity contribution in [3.05, 3.63) is 0 Å². The fourth-order valence-electron chi connectivity index (χ4n) is 5.04. The Kier molecular flexibility index (Phi) is 25.1. The van der Waals surface area contributed by atoms with Crippen LogP contribution in [-0.4, -0.2) is 31.1 Å². The highest BCUT2D eigenvalue weighted by atomic mass is 16.2. The Balaban J connectivity index is 4.15. The zero-order valence-electron chi connectivity index (χ0n) is 24.3. The van der Waals surface area contributed by atoms with Gasteiger partial charge in [0.15, 0.2) is 0 Å². The molecule has 0 aliphatic rings. The van der Waals surface area contributed by atoms with E-state index in [1.165, 1.54) is 128 Å². The van der Waals surface area contributed by atoms with Crippen LogP contribution >= 0.6 is 0 Å². The minimum atomic E-state index is 0.162. The van der Waals surface area contributed by atoms with E-state index in [-0.39, 0.29) is 12.1 Å². The lowest BCUT2D eigenvalue weighted by molar-refractivity contribution is -0.127. The molecular formula is C31H64N2O. The quantitative estimate of drug-likeness (QED) is 0.0986. The van der Waals surface area contributed by atoms with Crippen LogP contribution < -0.4 is 5.32 Å². The van der Waals surface area contributed by atoms with Crippen LogP contribution in [0.25, 0.3) is 0 Å². The van der Waals surface area contributed by atoms with Crippen LogP contribution in [0.1, 0.15) is 168 Å². The highest BCUT2D eigenvalue weighted by molar-refractivity contribution is 5.78. The molecular weight excluding hydrogens is 416 g/mol. The van der Waals surface area contributed by atoms with Crippen molar-refractivity contribution in [1.29, 1.82) is 0 Å². The Hall–Kier alpha value is -0.570. The van der Waals surface area contributed by atoms with E-state index in [1.807, 2.05) is 0 Å². The van der Waals surface area contributed by atoms with E-state index in [4.69, 9.17) is 0 Å². The molecule has 0 aliphatic heterocycles. The minimum absolute atomic E-state index is 0.162. The van der Waals surface area contributed by atoms with Gasteiger partial charge in [-0.2, -0.15) is 0 Å². The first kappa shape index (κ1) is 33.4. The fraction of sp³-hybridized carbons (Fsp3) is 0.968. The average Bonchev–Trinajstić information content (AvgIpc) is 2.83. The van der Waals surface area contributed by atoms with Crippen LogP contribution in [0.5, 0.6) is 0 Å². The average molecular weight is 481 g/mol. The third-order valence-electron chi connectivity index (χ3n) is 7.50. The molecule has 0 saturated carbocycles. The van der Waals surface area contributed by atoms with Gasteiger partial charge in [-0.05, 0) is 33.4 Å². The number of nitrogens with one attached hydrogen (secondary N) is 1. The van der Waals surface area contributed by atoms with Gasteiger partial charge in [0, 0.05) is 5.92 Å². The third-order valence-corrected chi connectivity index (χ3v) is 7.50. The first-order valence-electron chi connectivity index (χ1n) is 15.5. The Morgan fingerprint density at radius 1 is 0.559 bits per heavy atom. The normalized spacial score (nSPS) is 12.6. The molecule has 0 radical (unpaired) electrons. The van der Waals surface area contributed by atoms with Crippen molar-refractivity contribution in [3.8, 4) is 0 Å². The van der Waals surface area contributed by atoms with Gasteiger partial charge in [0.25, 0.3) is 0 Å². The van der Waals surface area contributed by atoms with Crippen LogP contribution in [0.4, 0.5) is 0 Å². The summed E-state index contributed by atoms with van der Waals surface area (Å²) in [6, 6.07) is 0. The molecule has 0 aromatic heterocycles. The molecule has 3 heteroatoms. The van der Waals surface area contributed by atoms with Crippen molar-refractivity contribution in [1.82, 2.24) is 10.2 Å². The summed E-state index contributed by atoms with van der Waals surface area (Å²) in [5.74, 6) is 0.504. The number of carbonyl (C=O) groups excluding carboxylic acids is 1. The lowest BCUT2D eigenvalue weighted by atomic mass is 9.93. The summed E-state index contributed by atoms with van der Waals surface area (Å²) in [5, 5.41) is 3.32. The number of carbonyl (C=O) groups is 1. The summed E-state index contributed by atoms with van der Waals surface area (Å²) in [7, 11) is 4.13. The van der Waals surface area contributed by atoms with E-state index < -0.39 is 0 Å². The van der Waals surface area contributed by atoms with Crippen LogP contribution in [0, 0.1) is 5.92 Å². The van der Waals surface area contributed by atoms with Crippen molar-refractivity contribution in [3.63, 3.8) is 0 Å². The summed E-state index contributed by atoms with van der Waals surface area (Å²) in [5.41, 5.74) is 0. The standard InChI is InChI=1S/C31H64N2O/c1-6-9-11-13-15-17-19-21-23-25-27-29(31(34)32-30(8-3)33(4)5)28-26-24-22-20-18-16-14-12-10-7-2/h29-30H,6-28H2,1-5H3,(H,32,34). The van der Waals surface area contributed by atoms with Crippen LogP contribution in [0.2, 0.25) is 0 Å². The maximum Gasteiger partial charge on any atom is 0.224 e. The van der Waals surface area contributed by atoms with Gasteiger partial charge in [-0.25, -0.2) is 0 Å². The smallest absolute Gasteiger partial charge is 0.224 e. The van der Waals surface area contributed by atoms with Crippen molar-refractivity contribution in [2.45, 2.75) is 175 Å². The number of unbranched alkanes of at least 4 members (excludes halogenated alkanes) is 18. The van der Waals surface area contributed by atoms with Gasteiger partial charge in [-0.1, -0.05) is 149 Å². The summed E-state index contributed by atoms with van der Waals surface area (Å²) in [4.78, 5) is 15.2. The molecule has 204 valence electrons. The maximum atomic E-state index is 13.1. The molecule has 0 rings (SSSR count). The Bertz CT molecular complexity index is 400. The summed E-state index contributed by atoms with van der Waals surface area (Å²) >= 11 is 0. The minimum Gasteiger partial charge on any atom is -0.340 e. The van der Waals surface area contributed by atoms with Gasteiger partial charge >= 0.3 is 0 Å². The fourth-order valence-corrected chi connectivity index (χ4v) is 5.04. The number of hydrogen-bond donors (Lipinski definition) is 1. The molecule has 0 aromatic rings. The molecule has 34 heavy (non-hydrogen) atoms. The predicted molar refractivity (Wildman–Crippen MR) is 152 cm³/mol. The Labute approximate surface area is 215 Å². The monoisotopic (exact) mass is 481 g/mol. The highest BCUT2D eigenvalue weighted by Gasteiger charge is 2.21. The molecule has 0 heterocycles. The maximum absolute atomic E-state index is 13.1. The second-order valence-electron chi connectivity index (χ2n) is 11.0. The molecule has 0 aromatic carbocycles. The summed E-state index contributed by atoms with van der Waals surface area (Å²) in [6.07, 6.45) is 30.5. The van der Waals surface area contributed by atoms with Crippen molar-refractivity contribution >= 4 is 5.91 Å². The molecule has 0 bridgehead atoms. The van der Waals surface area contributed by atoms with E-state index >= 15 is 0 Å². The predicted octanol–water partition coefficient (Wildman–Crippen LogP) is 9.64. The molecule has 1 atom stereocenters. The van der Waals surface area contributed by atoms with E-state index in [2.05, 4.69) is 45.1 Å². The molecule has 1 amide bonds. The van der Waals surface area contributed by atoms with Gasteiger partial charge in [0.1, 0.15) is 0 Å². The number of hydrogen-bond acceptors (Lipinski definition) is 2. The van der Waals surface area contributed by atoms with Crippen molar-refractivity contribution in [2.24, 2.45) is 5.92 Å². The number of rotatable bonds is 26. The van der Waals surface area contributed by atoms with Gasteiger partial charge in [0.2, 0.25) is 5.91 Å². The largest absolute Gasteiger partial charge is 0.340 e. The lowest BCUT2D eigenvalue weighted by Crippen LogP contribution is -2.46. The second-order valence-corrected chi connectivity index (χ2v) is 11.0. The molecule has 0 saturated heterocycles. The molecule has 0 aliphatic carbocycles. The van der Waals surface area contributed by atoms with E-state index in [1.54, 1.807) is 0 Å². The zero-order valence-corrected chi connectivity index (χ0v) is 24.3. The first-order valence-corrected chi connectivity index (χ1v) is 15.5. The van der Waals surface area contributed by atoms with Crippen molar-refractivity contribution < 1.29 is 4.79 Å². The van der Waals surface area contributed by atoms with Crippen molar-refractivity contribution in [2.75, 3.05) is 14.1 Å². The molecule has 1 unspecified atom stereocenters. The lowest BCUT2D eigenvalue weighted by Gasteiger charge is -2.27. The van der Waals surface area contributed by atoms with Gasteiger partial charge in [0.05, 0.1) is 6.17 Å². The van der Waals surface area contributed by atoms with Crippen LogP contribution in [0.15, 0.2) is 0 Å². The van der Waals surface area contributed by atoms with Gasteiger partial charge < -0.3 is 5.32 Å². The van der Waals surface area contributed by atoms with Gasteiger partial charge in [-0.15, -0.1) is 0 Å². The zero-order chi connectivity index (χ0) is 25.3. The number of amides is 1. The van der Waals surface area contributed by atoms with E-state index in [0.717, 1.165) is 19.3 Å². The molecule has 1 N–H and O–H groups in total. The van der Waals surface area contributed by atoms with E-state index in [0.29, 0.717) is 5.91 Å². The molecule has 0 spiro atoms. The SMILES string of the molecule is CCCCCCCCCCCCC(CCCCCCCCCCCC)C(=O)NC(CC)N(C)C. The first-order chi connectivity index (χ1) is 16.6. The Morgan fingerprint density at radius 2 is 0.882 bits per heavy atom. The van der Waals surface area contributed by atoms with E-state index in [9.17, 15) is 4.79 Å². The van der Waals surface area contributed by atoms with Crippen LogP contribution in [-0.2, 0) is 4.79 Å². The molecule has 0 fully saturated rings. The van der Waals surface area contributed by atoms with Crippen LogP contribution in [0.3, 0.4) is 0 Å². The molecule has 3 nitrogen and oxygen atoms in total. The highest BCUT2D eigenvalue weighted by Crippen LogP contribution is 2.21. The summed E-state index contributed by atoms with van der Waals surface area (Å²) < 4.78 is 0. The topological polar surface area (TPSA) is 32.3 Å². The summed E-state index contributed by atoms with van der Waals surface area (Å²) in [6.45, 7) is 6.73. The second kappa shape index (κ2) is 25.5. The van der Waals surface area contributed by atoms with Gasteiger partial charge in [-0.3, -0.25) is 9.69 Å². The third kappa shape index (κ3) is 20.8. The number of nitrogens with zero attached hydrogens (tertiary/aromatic N) is 1. The Morgan fingerprint density at radius 3 is 1.18 bits per heavy atom.